The number of carbonyl (C=O) groups excluding carboxylic acids is 1. The molecule has 1 amide bonds. The van der Waals surface area contributed by atoms with Crippen LogP contribution in [0.15, 0.2) is 53.6 Å². The molecular formula is C17H21N3O5S. The lowest BCUT2D eigenvalue weighted by Crippen LogP contribution is -2.42. The summed E-state index contributed by atoms with van der Waals surface area (Å²) in [6.45, 7) is 0.545. The highest BCUT2D eigenvalue weighted by atomic mass is 32.2. The summed E-state index contributed by atoms with van der Waals surface area (Å²) in [4.78, 5) is 15.7. The fourth-order valence-corrected chi connectivity index (χ4v) is 4.52. The van der Waals surface area contributed by atoms with Crippen LogP contribution in [0.5, 0.6) is 5.88 Å². The lowest BCUT2D eigenvalue weighted by molar-refractivity contribution is 0.0702. The molecule has 1 aliphatic heterocycles. The molecule has 0 atom stereocenters. The monoisotopic (exact) mass is 379 g/mol. The third kappa shape index (κ3) is 3.85. The van der Waals surface area contributed by atoms with Crippen molar-refractivity contribution in [1.82, 2.24) is 14.8 Å². The number of hydroxylamine groups is 1. The Bertz CT molecular complexity index is 871. The Kier molecular flexibility index (Phi) is 5.50. The van der Waals surface area contributed by atoms with Crippen LogP contribution in [0.3, 0.4) is 0 Å². The van der Waals surface area contributed by atoms with Crippen molar-refractivity contribution in [3.8, 4) is 5.88 Å². The molecule has 2 N–H and O–H groups in total. The molecule has 8 nitrogen and oxygen atoms in total. The van der Waals surface area contributed by atoms with E-state index in [0.717, 1.165) is 0 Å². The van der Waals surface area contributed by atoms with Crippen molar-refractivity contribution in [3.05, 3.63) is 54.2 Å². The van der Waals surface area contributed by atoms with Gasteiger partial charge in [-0.2, -0.15) is 4.31 Å². The number of piperidine rings is 1. The highest BCUT2D eigenvalue weighted by Gasteiger charge is 2.32. The van der Waals surface area contributed by atoms with Crippen molar-refractivity contribution < 1.29 is 24.6 Å². The number of nitrogens with zero attached hydrogens (tertiary/aromatic N) is 2. The summed E-state index contributed by atoms with van der Waals surface area (Å²) in [6, 6.07) is 11.2. The van der Waals surface area contributed by atoms with E-state index in [1.807, 2.05) is 6.07 Å². The van der Waals surface area contributed by atoms with Crippen molar-refractivity contribution in [2.75, 3.05) is 13.1 Å². The first-order valence-electron chi connectivity index (χ1n) is 8.13. The number of pyridine rings is 1. The molecule has 9 heteroatoms. The number of hydrogen-bond acceptors (Lipinski definition) is 6. The first kappa shape index (κ1) is 18.3. The predicted molar refractivity (Wildman–Crippen MR) is 94.5 cm³/mol. The molecule has 0 radical (unpaired) electrons. The third-order valence-corrected chi connectivity index (χ3v) is 6.13. The SMILES string of the molecule is O=C(NO)c1ccccc1S(=O)(=O)N1CCC(Oc2ccccn2)CC1.[HH]. The molecular weight excluding hydrogens is 358 g/mol. The predicted octanol–water partition coefficient (Wildman–Crippen LogP) is 1.68. The topological polar surface area (TPSA) is 109 Å². The number of aromatic nitrogens is 1. The molecule has 1 aromatic carbocycles. The lowest BCUT2D eigenvalue weighted by atomic mass is 10.1. The Morgan fingerprint density at radius 3 is 2.54 bits per heavy atom. The molecule has 3 rings (SSSR count). The standard InChI is InChI=1S/C17H19N3O5S.H2/c21-17(19-22)14-5-1-2-6-15(14)26(23,24)20-11-8-13(9-12-20)25-16-7-3-4-10-18-16;/h1-7,10,13,22H,8-9,11-12H2,(H,19,21);1H. The molecule has 2 aromatic rings. The van der Waals surface area contributed by atoms with E-state index in [1.54, 1.807) is 18.3 Å². The first-order valence-corrected chi connectivity index (χ1v) is 9.57. The summed E-state index contributed by atoms with van der Waals surface area (Å²) in [6.07, 6.45) is 2.55. The zero-order chi connectivity index (χ0) is 18.6. The van der Waals surface area contributed by atoms with Crippen LogP contribution in [0.1, 0.15) is 24.6 Å². The maximum Gasteiger partial charge on any atom is 0.276 e. The largest absolute Gasteiger partial charge is 0.474 e. The Morgan fingerprint density at radius 2 is 1.88 bits per heavy atom. The number of sulfonamides is 1. The second-order valence-corrected chi connectivity index (χ2v) is 7.73. The number of benzene rings is 1. The Hall–Kier alpha value is -2.49. The van der Waals surface area contributed by atoms with Gasteiger partial charge in [-0.1, -0.05) is 18.2 Å². The van der Waals surface area contributed by atoms with Crippen LogP contribution in [0.25, 0.3) is 0 Å². The number of hydrogen-bond donors (Lipinski definition) is 2. The molecule has 1 aliphatic rings. The Morgan fingerprint density at radius 1 is 1.19 bits per heavy atom. The molecule has 0 spiro atoms. The van der Waals surface area contributed by atoms with E-state index < -0.39 is 15.9 Å². The van der Waals surface area contributed by atoms with Gasteiger partial charge in [0.25, 0.3) is 5.91 Å². The van der Waals surface area contributed by atoms with Crippen LogP contribution in [-0.4, -0.2) is 48.0 Å². The quantitative estimate of drug-likeness (QED) is 0.604. The van der Waals surface area contributed by atoms with Gasteiger partial charge < -0.3 is 4.74 Å². The molecule has 0 unspecified atom stereocenters. The van der Waals surface area contributed by atoms with Crippen LogP contribution in [0, 0.1) is 0 Å². The summed E-state index contributed by atoms with van der Waals surface area (Å²) in [5.74, 6) is -0.351. The molecule has 0 saturated carbocycles. The van der Waals surface area contributed by atoms with E-state index in [-0.39, 0.29) is 31.1 Å². The van der Waals surface area contributed by atoms with Crippen molar-refractivity contribution in [3.63, 3.8) is 0 Å². The number of ether oxygens (including phenoxy) is 1. The van der Waals surface area contributed by atoms with E-state index in [9.17, 15) is 13.2 Å². The fraction of sp³-hybridized carbons (Fsp3) is 0.294. The average Bonchev–Trinajstić information content (AvgIpc) is 2.68. The maximum atomic E-state index is 12.9. The van der Waals surface area contributed by atoms with Crippen molar-refractivity contribution in [1.29, 1.82) is 0 Å². The van der Waals surface area contributed by atoms with Gasteiger partial charge in [-0.15, -0.1) is 0 Å². The summed E-state index contributed by atoms with van der Waals surface area (Å²) in [5.41, 5.74) is 1.39. The Balaban J connectivity index is 0.00000261. The fourth-order valence-electron chi connectivity index (χ4n) is 2.86. The van der Waals surface area contributed by atoms with Gasteiger partial charge >= 0.3 is 0 Å². The molecule has 2 heterocycles. The number of carbonyl (C=O) groups is 1. The van der Waals surface area contributed by atoms with Gasteiger partial charge in [0.05, 0.1) is 10.5 Å². The molecule has 140 valence electrons. The van der Waals surface area contributed by atoms with Crippen LogP contribution in [0.4, 0.5) is 0 Å². The van der Waals surface area contributed by atoms with Gasteiger partial charge in [0, 0.05) is 26.8 Å². The second kappa shape index (κ2) is 7.81. The lowest BCUT2D eigenvalue weighted by Gasteiger charge is -2.31. The maximum absolute atomic E-state index is 12.9. The highest BCUT2D eigenvalue weighted by molar-refractivity contribution is 7.89. The van der Waals surface area contributed by atoms with Gasteiger partial charge in [0.1, 0.15) is 6.10 Å². The number of nitrogens with one attached hydrogen (secondary N) is 1. The molecule has 1 aromatic heterocycles. The summed E-state index contributed by atoms with van der Waals surface area (Å²) >= 11 is 0. The van der Waals surface area contributed by atoms with Crippen LogP contribution < -0.4 is 10.2 Å². The minimum Gasteiger partial charge on any atom is -0.474 e. The second-order valence-electron chi connectivity index (χ2n) is 5.83. The van der Waals surface area contributed by atoms with E-state index in [0.29, 0.717) is 18.7 Å². The van der Waals surface area contributed by atoms with Gasteiger partial charge in [-0.05, 0) is 31.0 Å². The molecule has 0 aliphatic carbocycles. The highest BCUT2D eigenvalue weighted by Crippen LogP contribution is 2.25. The smallest absolute Gasteiger partial charge is 0.276 e. The molecule has 26 heavy (non-hydrogen) atoms. The minimum absolute atomic E-state index is 0. The Labute approximate surface area is 152 Å². The minimum atomic E-state index is -3.85. The number of amides is 1. The zero-order valence-electron chi connectivity index (χ0n) is 13.9. The van der Waals surface area contributed by atoms with Crippen LogP contribution in [-0.2, 0) is 10.0 Å². The molecule has 1 fully saturated rings. The van der Waals surface area contributed by atoms with Gasteiger partial charge in [0.2, 0.25) is 15.9 Å². The average molecular weight is 379 g/mol. The third-order valence-electron chi connectivity index (χ3n) is 4.18. The van der Waals surface area contributed by atoms with Gasteiger partial charge in [-0.25, -0.2) is 18.9 Å². The van der Waals surface area contributed by atoms with E-state index in [4.69, 9.17) is 9.94 Å². The first-order chi connectivity index (χ1) is 12.5. The summed E-state index contributed by atoms with van der Waals surface area (Å²) in [5, 5.41) is 8.83. The van der Waals surface area contributed by atoms with Crippen molar-refractivity contribution in [2.45, 2.75) is 23.8 Å². The number of rotatable bonds is 5. The van der Waals surface area contributed by atoms with Crippen LogP contribution in [0.2, 0.25) is 0 Å². The van der Waals surface area contributed by atoms with E-state index in [1.165, 1.54) is 34.1 Å². The zero-order valence-corrected chi connectivity index (χ0v) is 14.7. The van der Waals surface area contributed by atoms with Gasteiger partial charge in [0.15, 0.2) is 0 Å². The van der Waals surface area contributed by atoms with Crippen molar-refractivity contribution >= 4 is 15.9 Å². The normalized spacial score (nSPS) is 16.2. The summed E-state index contributed by atoms with van der Waals surface area (Å²) in [7, 11) is -3.85. The van der Waals surface area contributed by atoms with Crippen LogP contribution >= 0.6 is 0 Å². The van der Waals surface area contributed by atoms with E-state index >= 15 is 0 Å². The summed E-state index contributed by atoms with van der Waals surface area (Å²) < 4.78 is 32.9. The van der Waals surface area contributed by atoms with E-state index in [2.05, 4.69) is 4.98 Å². The van der Waals surface area contributed by atoms with Gasteiger partial charge in [-0.3, -0.25) is 10.0 Å². The molecule has 0 bridgehead atoms. The molecule has 1 saturated heterocycles. The van der Waals surface area contributed by atoms with Crippen molar-refractivity contribution in [2.24, 2.45) is 0 Å².